The van der Waals surface area contributed by atoms with Gasteiger partial charge < -0.3 is 14.7 Å². The first-order valence-corrected chi connectivity index (χ1v) is 7.22. The summed E-state index contributed by atoms with van der Waals surface area (Å²) in [6, 6.07) is 5.18. The molecule has 1 saturated heterocycles. The molecule has 1 amide bonds. The molecule has 21 heavy (non-hydrogen) atoms. The van der Waals surface area contributed by atoms with Gasteiger partial charge in [0.25, 0.3) is 0 Å². The van der Waals surface area contributed by atoms with Crippen molar-refractivity contribution in [1.29, 1.82) is 0 Å². The van der Waals surface area contributed by atoms with Crippen molar-refractivity contribution < 1.29 is 19.4 Å². The fourth-order valence-corrected chi connectivity index (χ4v) is 2.73. The summed E-state index contributed by atoms with van der Waals surface area (Å²) in [7, 11) is 1.55. The first-order valence-electron chi connectivity index (χ1n) is 6.84. The molecule has 0 unspecified atom stereocenters. The van der Waals surface area contributed by atoms with Crippen LogP contribution in [-0.2, 0) is 16.0 Å². The molecule has 0 aliphatic carbocycles. The van der Waals surface area contributed by atoms with Gasteiger partial charge in [-0.3, -0.25) is 9.59 Å². The van der Waals surface area contributed by atoms with Crippen LogP contribution in [0.25, 0.3) is 0 Å². The van der Waals surface area contributed by atoms with E-state index in [-0.39, 0.29) is 18.2 Å². The lowest BCUT2D eigenvalue weighted by molar-refractivity contribution is -0.145. The Labute approximate surface area is 128 Å². The summed E-state index contributed by atoms with van der Waals surface area (Å²) >= 11 is 5.95. The maximum Gasteiger partial charge on any atom is 0.306 e. The maximum atomic E-state index is 12.3. The predicted molar refractivity (Wildman–Crippen MR) is 78.6 cm³/mol. The second kappa shape index (κ2) is 6.80. The minimum Gasteiger partial charge on any atom is -0.496 e. The average molecular weight is 312 g/mol. The van der Waals surface area contributed by atoms with Crippen LogP contribution < -0.4 is 4.74 Å². The van der Waals surface area contributed by atoms with E-state index in [1.807, 2.05) is 0 Å². The molecule has 1 aliphatic heterocycles. The van der Waals surface area contributed by atoms with Crippen molar-refractivity contribution in [3.05, 3.63) is 28.8 Å². The van der Waals surface area contributed by atoms with E-state index in [9.17, 15) is 9.59 Å². The fourth-order valence-electron chi connectivity index (χ4n) is 2.54. The number of carboxylic acid groups (broad SMARTS) is 1. The van der Waals surface area contributed by atoms with Crippen molar-refractivity contribution in [2.75, 3.05) is 20.2 Å². The summed E-state index contributed by atoms with van der Waals surface area (Å²) in [5, 5.41) is 9.52. The van der Waals surface area contributed by atoms with E-state index in [0.717, 1.165) is 5.56 Å². The van der Waals surface area contributed by atoms with Gasteiger partial charge in [-0.05, 0) is 31.0 Å². The van der Waals surface area contributed by atoms with Crippen LogP contribution >= 0.6 is 11.6 Å². The van der Waals surface area contributed by atoms with Gasteiger partial charge in [0.2, 0.25) is 5.91 Å². The van der Waals surface area contributed by atoms with Gasteiger partial charge in [-0.2, -0.15) is 0 Å². The Morgan fingerprint density at radius 1 is 1.38 bits per heavy atom. The smallest absolute Gasteiger partial charge is 0.306 e. The Hall–Kier alpha value is -1.75. The molecule has 1 aromatic rings. The number of likely N-dealkylation sites (tertiary alicyclic amines) is 1. The van der Waals surface area contributed by atoms with Crippen LogP contribution in [0.2, 0.25) is 5.02 Å². The number of benzene rings is 1. The number of carbonyl (C=O) groups is 2. The van der Waals surface area contributed by atoms with Crippen molar-refractivity contribution in [2.45, 2.75) is 19.3 Å². The molecule has 1 aliphatic rings. The van der Waals surface area contributed by atoms with Gasteiger partial charge in [0.05, 0.1) is 19.4 Å². The molecule has 114 valence electrons. The summed E-state index contributed by atoms with van der Waals surface area (Å²) < 4.78 is 5.23. The molecule has 1 heterocycles. The largest absolute Gasteiger partial charge is 0.496 e. The molecule has 0 spiro atoms. The van der Waals surface area contributed by atoms with Gasteiger partial charge in [0.1, 0.15) is 5.75 Å². The van der Waals surface area contributed by atoms with Gasteiger partial charge in [0.15, 0.2) is 0 Å². The third kappa shape index (κ3) is 3.88. The van der Waals surface area contributed by atoms with E-state index in [0.29, 0.717) is 36.7 Å². The van der Waals surface area contributed by atoms with Crippen LogP contribution in [0.1, 0.15) is 18.4 Å². The van der Waals surface area contributed by atoms with E-state index in [1.54, 1.807) is 30.2 Å². The summed E-state index contributed by atoms with van der Waals surface area (Å²) in [5.74, 6) is -0.513. The number of methoxy groups -OCH3 is 1. The highest BCUT2D eigenvalue weighted by Crippen LogP contribution is 2.24. The Bertz CT molecular complexity index is 538. The summed E-state index contributed by atoms with van der Waals surface area (Å²) in [6.45, 7) is 0.970. The third-order valence-electron chi connectivity index (χ3n) is 3.78. The van der Waals surface area contributed by atoms with Crippen LogP contribution in [0.3, 0.4) is 0 Å². The normalized spacial score (nSPS) is 15.8. The van der Waals surface area contributed by atoms with Crippen molar-refractivity contribution in [3.8, 4) is 5.75 Å². The molecule has 1 N–H and O–H groups in total. The number of hydrogen-bond acceptors (Lipinski definition) is 3. The fraction of sp³-hybridized carbons (Fsp3) is 0.467. The molecule has 2 rings (SSSR count). The van der Waals surface area contributed by atoms with Gasteiger partial charge >= 0.3 is 5.97 Å². The first kappa shape index (κ1) is 15.6. The lowest BCUT2D eigenvalue weighted by Gasteiger charge is -2.30. The van der Waals surface area contributed by atoms with E-state index in [4.69, 9.17) is 21.4 Å². The van der Waals surface area contributed by atoms with E-state index >= 15 is 0 Å². The molecule has 1 aromatic carbocycles. The maximum absolute atomic E-state index is 12.3. The standard InChI is InChI=1S/C15H18ClNO4/c1-21-13-3-2-12(16)8-11(13)9-14(18)17-6-4-10(5-7-17)15(19)20/h2-3,8,10H,4-7,9H2,1H3,(H,19,20). The zero-order valence-electron chi connectivity index (χ0n) is 11.8. The van der Waals surface area contributed by atoms with Crippen LogP contribution in [0, 0.1) is 5.92 Å². The van der Waals surface area contributed by atoms with Crippen molar-refractivity contribution >= 4 is 23.5 Å². The molecular weight excluding hydrogens is 294 g/mol. The number of aliphatic carboxylic acids is 1. The first-order chi connectivity index (χ1) is 10.0. The Morgan fingerprint density at radius 3 is 2.62 bits per heavy atom. The van der Waals surface area contributed by atoms with Crippen molar-refractivity contribution in [3.63, 3.8) is 0 Å². The third-order valence-corrected chi connectivity index (χ3v) is 4.02. The lowest BCUT2D eigenvalue weighted by Crippen LogP contribution is -2.41. The highest BCUT2D eigenvalue weighted by atomic mass is 35.5. The number of ether oxygens (including phenoxy) is 1. The number of piperidine rings is 1. The van der Waals surface area contributed by atoms with Crippen molar-refractivity contribution in [1.82, 2.24) is 4.90 Å². The number of carboxylic acids is 1. The molecule has 0 aromatic heterocycles. The highest BCUT2D eigenvalue weighted by molar-refractivity contribution is 6.30. The predicted octanol–water partition coefficient (Wildman–Crippen LogP) is 2.21. The summed E-state index contributed by atoms with van der Waals surface area (Å²) in [6.07, 6.45) is 1.23. The zero-order valence-corrected chi connectivity index (χ0v) is 12.6. The van der Waals surface area contributed by atoms with Gasteiger partial charge in [-0.15, -0.1) is 0 Å². The Kier molecular flexibility index (Phi) is 5.07. The number of nitrogens with zero attached hydrogens (tertiary/aromatic N) is 1. The monoisotopic (exact) mass is 311 g/mol. The second-order valence-corrected chi connectivity index (χ2v) is 5.56. The molecule has 6 heteroatoms. The van der Waals surface area contributed by atoms with Crippen LogP contribution in [-0.4, -0.2) is 42.1 Å². The number of halogens is 1. The number of rotatable bonds is 4. The molecule has 0 saturated carbocycles. The average Bonchev–Trinajstić information content (AvgIpc) is 2.47. The van der Waals surface area contributed by atoms with E-state index in [2.05, 4.69) is 0 Å². The van der Waals surface area contributed by atoms with Crippen molar-refractivity contribution in [2.24, 2.45) is 5.92 Å². The molecular formula is C15H18ClNO4. The number of hydrogen-bond donors (Lipinski definition) is 1. The van der Waals surface area contributed by atoms with Gasteiger partial charge in [0, 0.05) is 23.7 Å². The quantitative estimate of drug-likeness (QED) is 0.926. The highest BCUT2D eigenvalue weighted by Gasteiger charge is 2.27. The number of amides is 1. The van der Waals surface area contributed by atoms with E-state index < -0.39 is 5.97 Å². The van der Waals surface area contributed by atoms with Crippen LogP contribution in [0.5, 0.6) is 5.75 Å². The topological polar surface area (TPSA) is 66.8 Å². The summed E-state index contributed by atoms with van der Waals surface area (Å²) in [5.41, 5.74) is 0.746. The van der Waals surface area contributed by atoms with Crippen LogP contribution in [0.15, 0.2) is 18.2 Å². The molecule has 0 bridgehead atoms. The van der Waals surface area contributed by atoms with E-state index in [1.165, 1.54) is 0 Å². The second-order valence-electron chi connectivity index (χ2n) is 5.13. The Balaban J connectivity index is 1.99. The van der Waals surface area contributed by atoms with Crippen LogP contribution in [0.4, 0.5) is 0 Å². The number of carbonyl (C=O) groups excluding carboxylic acids is 1. The minimum absolute atomic E-state index is 0.0283. The minimum atomic E-state index is -0.779. The zero-order chi connectivity index (χ0) is 15.4. The van der Waals surface area contributed by atoms with Gasteiger partial charge in [-0.1, -0.05) is 11.6 Å². The molecule has 1 fully saturated rings. The lowest BCUT2D eigenvalue weighted by atomic mass is 9.96. The summed E-state index contributed by atoms with van der Waals surface area (Å²) in [4.78, 5) is 24.9. The molecule has 0 atom stereocenters. The van der Waals surface area contributed by atoms with Gasteiger partial charge in [-0.25, -0.2) is 0 Å². The SMILES string of the molecule is COc1ccc(Cl)cc1CC(=O)N1CCC(C(=O)O)CC1. The molecule has 0 radical (unpaired) electrons. The Morgan fingerprint density at radius 2 is 2.05 bits per heavy atom. The molecule has 5 nitrogen and oxygen atoms in total.